The van der Waals surface area contributed by atoms with Crippen molar-refractivity contribution in [2.24, 2.45) is 5.92 Å². The molecule has 0 saturated carbocycles. The number of pyridine rings is 2. The monoisotopic (exact) mass is 368 g/mol. The summed E-state index contributed by atoms with van der Waals surface area (Å²) in [6.07, 6.45) is 4.83. The summed E-state index contributed by atoms with van der Waals surface area (Å²) in [6.45, 7) is 5.22. The molecule has 27 heavy (non-hydrogen) atoms. The smallest absolute Gasteiger partial charge is 0.259 e. The second kappa shape index (κ2) is 8.62. The molecule has 2 aromatic heterocycles. The Morgan fingerprint density at radius 2 is 2.15 bits per heavy atom. The molecule has 1 atom stereocenters. The molecule has 2 amide bonds. The molecule has 7 heteroatoms. The highest BCUT2D eigenvalue weighted by Crippen LogP contribution is 2.23. The van der Waals surface area contributed by atoms with Crippen LogP contribution in [-0.4, -0.2) is 46.4 Å². The van der Waals surface area contributed by atoms with Gasteiger partial charge in [-0.05, 0) is 50.5 Å². The number of nitrogens with one attached hydrogen (secondary N) is 1. The summed E-state index contributed by atoms with van der Waals surface area (Å²) in [4.78, 5) is 35.6. The number of anilines is 1. The Morgan fingerprint density at radius 3 is 2.89 bits per heavy atom. The molecule has 1 aliphatic rings. The van der Waals surface area contributed by atoms with Gasteiger partial charge in [-0.25, -0.2) is 9.97 Å². The number of piperidine rings is 1. The summed E-state index contributed by atoms with van der Waals surface area (Å²) in [5.41, 5.74) is 1.46. The van der Waals surface area contributed by atoms with E-state index >= 15 is 0 Å². The highest BCUT2D eigenvalue weighted by molar-refractivity contribution is 5.97. The fourth-order valence-corrected chi connectivity index (χ4v) is 3.12. The number of aromatic nitrogens is 2. The largest absolute Gasteiger partial charge is 0.477 e. The lowest BCUT2D eigenvalue weighted by molar-refractivity contribution is -0.121. The molecule has 2 aromatic rings. The maximum atomic E-state index is 12.9. The summed E-state index contributed by atoms with van der Waals surface area (Å²) in [6, 6.07) is 7.10. The minimum absolute atomic E-state index is 0.111. The Morgan fingerprint density at radius 1 is 1.30 bits per heavy atom. The average Bonchev–Trinajstić information content (AvgIpc) is 2.70. The van der Waals surface area contributed by atoms with Crippen LogP contribution in [0, 0.1) is 12.8 Å². The van der Waals surface area contributed by atoms with Gasteiger partial charge in [0.05, 0.1) is 12.5 Å². The van der Waals surface area contributed by atoms with Crippen molar-refractivity contribution in [2.45, 2.75) is 26.7 Å². The normalized spacial score (nSPS) is 16.7. The van der Waals surface area contributed by atoms with Gasteiger partial charge < -0.3 is 15.0 Å². The minimum Gasteiger partial charge on any atom is -0.477 e. The number of rotatable bonds is 5. The topological polar surface area (TPSA) is 84.4 Å². The van der Waals surface area contributed by atoms with E-state index in [2.05, 4.69) is 15.3 Å². The predicted molar refractivity (Wildman–Crippen MR) is 102 cm³/mol. The molecule has 0 aliphatic carbocycles. The van der Waals surface area contributed by atoms with Crippen LogP contribution in [0.3, 0.4) is 0 Å². The zero-order valence-electron chi connectivity index (χ0n) is 15.6. The Hall–Kier alpha value is -2.96. The number of nitrogens with zero attached hydrogens (tertiary/aromatic N) is 3. The van der Waals surface area contributed by atoms with Gasteiger partial charge in [0.15, 0.2) is 0 Å². The zero-order chi connectivity index (χ0) is 19.2. The Kier molecular flexibility index (Phi) is 6.01. The first kappa shape index (κ1) is 18.8. The fraction of sp³-hybridized carbons (Fsp3) is 0.400. The number of ether oxygens (including phenoxy) is 1. The molecule has 1 aliphatic heterocycles. The second-order valence-corrected chi connectivity index (χ2v) is 6.59. The van der Waals surface area contributed by atoms with E-state index in [0.29, 0.717) is 37.0 Å². The maximum absolute atomic E-state index is 12.9. The number of carbonyl (C=O) groups excluding carboxylic acids is 2. The number of carbonyl (C=O) groups is 2. The van der Waals surface area contributed by atoms with Crippen molar-refractivity contribution in [3.63, 3.8) is 0 Å². The van der Waals surface area contributed by atoms with Crippen LogP contribution in [-0.2, 0) is 4.79 Å². The molecule has 1 fully saturated rings. The van der Waals surface area contributed by atoms with E-state index in [-0.39, 0.29) is 17.7 Å². The molecular weight excluding hydrogens is 344 g/mol. The molecule has 1 unspecified atom stereocenters. The summed E-state index contributed by atoms with van der Waals surface area (Å²) >= 11 is 0. The van der Waals surface area contributed by atoms with Crippen LogP contribution < -0.4 is 10.1 Å². The molecule has 0 spiro atoms. The number of likely N-dealkylation sites (tertiary alicyclic amines) is 1. The van der Waals surface area contributed by atoms with Crippen LogP contribution in [0.4, 0.5) is 5.82 Å². The SMILES string of the molecule is CCOc1ncccc1C(=O)N1CCCC(C(=O)Nc2ccc(C)cn2)C1. The van der Waals surface area contributed by atoms with E-state index in [0.717, 1.165) is 18.4 Å². The van der Waals surface area contributed by atoms with Gasteiger partial charge in [0.1, 0.15) is 11.4 Å². The lowest BCUT2D eigenvalue weighted by Crippen LogP contribution is -2.44. The van der Waals surface area contributed by atoms with E-state index in [1.807, 2.05) is 19.9 Å². The van der Waals surface area contributed by atoms with Gasteiger partial charge in [-0.1, -0.05) is 6.07 Å². The molecule has 7 nitrogen and oxygen atoms in total. The third-order valence-corrected chi connectivity index (χ3v) is 4.52. The molecule has 3 heterocycles. The Bertz CT molecular complexity index is 807. The van der Waals surface area contributed by atoms with Crippen molar-refractivity contribution in [1.82, 2.24) is 14.9 Å². The summed E-state index contributed by atoms with van der Waals surface area (Å²) in [5, 5.41) is 2.84. The van der Waals surface area contributed by atoms with Crippen molar-refractivity contribution in [3.05, 3.63) is 47.8 Å². The Balaban J connectivity index is 1.67. The molecule has 1 saturated heterocycles. The van der Waals surface area contributed by atoms with Crippen LogP contribution in [0.15, 0.2) is 36.7 Å². The van der Waals surface area contributed by atoms with Crippen molar-refractivity contribution in [2.75, 3.05) is 25.0 Å². The molecular formula is C20H24N4O3. The van der Waals surface area contributed by atoms with Crippen molar-refractivity contribution < 1.29 is 14.3 Å². The highest BCUT2D eigenvalue weighted by atomic mass is 16.5. The van der Waals surface area contributed by atoms with Gasteiger partial charge >= 0.3 is 0 Å². The first-order valence-electron chi connectivity index (χ1n) is 9.19. The second-order valence-electron chi connectivity index (χ2n) is 6.59. The lowest BCUT2D eigenvalue weighted by Gasteiger charge is -2.32. The summed E-state index contributed by atoms with van der Waals surface area (Å²) in [7, 11) is 0. The zero-order valence-corrected chi connectivity index (χ0v) is 15.6. The van der Waals surface area contributed by atoms with E-state index in [4.69, 9.17) is 4.74 Å². The fourth-order valence-electron chi connectivity index (χ4n) is 3.12. The van der Waals surface area contributed by atoms with Crippen LogP contribution in [0.2, 0.25) is 0 Å². The molecule has 142 valence electrons. The minimum atomic E-state index is -0.266. The van der Waals surface area contributed by atoms with Gasteiger partial charge in [0, 0.05) is 25.5 Å². The van der Waals surface area contributed by atoms with Crippen LogP contribution in [0.5, 0.6) is 5.88 Å². The molecule has 3 rings (SSSR count). The Labute approximate surface area is 158 Å². The summed E-state index contributed by atoms with van der Waals surface area (Å²) < 4.78 is 5.47. The van der Waals surface area contributed by atoms with Crippen molar-refractivity contribution in [1.29, 1.82) is 0 Å². The predicted octanol–water partition coefficient (Wildman–Crippen LogP) is 2.67. The molecule has 1 N–H and O–H groups in total. The van der Waals surface area contributed by atoms with Crippen LogP contribution >= 0.6 is 0 Å². The van der Waals surface area contributed by atoms with Gasteiger partial charge in [-0.3, -0.25) is 9.59 Å². The van der Waals surface area contributed by atoms with Crippen LogP contribution in [0.1, 0.15) is 35.7 Å². The molecule has 0 bridgehead atoms. The van der Waals surface area contributed by atoms with Crippen molar-refractivity contribution >= 4 is 17.6 Å². The van der Waals surface area contributed by atoms with E-state index in [1.165, 1.54) is 0 Å². The first-order valence-corrected chi connectivity index (χ1v) is 9.19. The lowest BCUT2D eigenvalue weighted by atomic mass is 9.96. The third-order valence-electron chi connectivity index (χ3n) is 4.52. The third kappa shape index (κ3) is 4.61. The number of hydrogen-bond acceptors (Lipinski definition) is 5. The van der Waals surface area contributed by atoms with Gasteiger partial charge in [0.25, 0.3) is 5.91 Å². The first-order chi connectivity index (χ1) is 13.1. The number of aryl methyl sites for hydroxylation is 1. The molecule has 0 aromatic carbocycles. The number of amides is 2. The highest BCUT2D eigenvalue weighted by Gasteiger charge is 2.30. The van der Waals surface area contributed by atoms with E-state index in [1.54, 1.807) is 35.5 Å². The van der Waals surface area contributed by atoms with Gasteiger partial charge in [0.2, 0.25) is 11.8 Å². The van der Waals surface area contributed by atoms with E-state index in [9.17, 15) is 9.59 Å². The quantitative estimate of drug-likeness (QED) is 0.877. The standard InChI is InChI=1S/C20H24N4O3/c1-3-27-19-16(7-4-10-21-19)20(26)24-11-5-6-15(13-24)18(25)23-17-9-8-14(2)12-22-17/h4,7-10,12,15H,3,5-6,11,13H2,1-2H3,(H,22,23,25). The number of hydrogen-bond donors (Lipinski definition) is 1. The van der Waals surface area contributed by atoms with Crippen molar-refractivity contribution in [3.8, 4) is 5.88 Å². The average molecular weight is 368 g/mol. The summed E-state index contributed by atoms with van der Waals surface area (Å²) in [5.74, 6) is 0.330. The van der Waals surface area contributed by atoms with E-state index < -0.39 is 0 Å². The van der Waals surface area contributed by atoms with Gasteiger partial charge in [-0.2, -0.15) is 0 Å². The maximum Gasteiger partial charge on any atom is 0.259 e. The molecule has 0 radical (unpaired) electrons. The van der Waals surface area contributed by atoms with Crippen LogP contribution in [0.25, 0.3) is 0 Å². The van der Waals surface area contributed by atoms with Gasteiger partial charge in [-0.15, -0.1) is 0 Å².